The standard InChI is InChI=1S/C16H16ClN3/c1-10-5-15-16(6-11(10)2)20(9-19-15)8-12-7-13(18)3-4-14(12)17/h3-7,9H,8,18H2,1-2H3. The predicted molar refractivity (Wildman–Crippen MR) is 84.2 cm³/mol. The van der Waals surface area contributed by atoms with Gasteiger partial charge in [0.05, 0.1) is 23.9 Å². The average Bonchev–Trinajstić information content (AvgIpc) is 2.77. The normalized spacial score (nSPS) is 11.2. The first kappa shape index (κ1) is 13.0. The van der Waals surface area contributed by atoms with Crippen LogP contribution in [0.1, 0.15) is 16.7 Å². The Hall–Kier alpha value is -2.00. The number of hydrogen-bond donors (Lipinski definition) is 1. The molecule has 0 radical (unpaired) electrons. The first-order valence-electron chi connectivity index (χ1n) is 6.50. The van der Waals surface area contributed by atoms with Crippen molar-refractivity contribution in [3.63, 3.8) is 0 Å². The van der Waals surface area contributed by atoms with E-state index >= 15 is 0 Å². The van der Waals surface area contributed by atoms with Crippen LogP contribution in [0.15, 0.2) is 36.7 Å². The van der Waals surface area contributed by atoms with Gasteiger partial charge >= 0.3 is 0 Å². The van der Waals surface area contributed by atoms with Crippen molar-refractivity contribution in [2.24, 2.45) is 0 Å². The van der Waals surface area contributed by atoms with Crippen LogP contribution in [0.5, 0.6) is 0 Å². The van der Waals surface area contributed by atoms with Crippen LogP contribution in [0.25, 0.3) is 11.0 Å². The van der Waals surface area contributed by atoms with Gasteiger partial charge in [0.15, 0.2) is 0 Å². The number of hydrogen-bond acceptors (Lipinski definition) is 2. The number of halogens is 1. The molecule has 0 aliphatic carbocycles. The van der Waals surface area contributed by atoms with Crippen molar-refractivity contribution < 1.29 is 0 Å². The third-order valence-corrected chi connectivity index (χ3v) is 4.02. The van der Waals surface area contributed by atoms with Gasteiger partial charge in [0.1, 0.15) is 0 Å². The zero-order valence-electron chi connectivity index (χ0n) is 11.5. The summed E-state index contributed by atoms with van der Waals surface area (Å²) in [6.07, 6.45) is 1.85. The fourth-order valence-electron chi connectivity index (χ4n) is 2.34. The highest BCUT2D eigenvalue weighted by Crippen LogP contribution is 2.23. The minimum absolute atomic E-state index is 0.670. The number of aromatic nitrogens is 2. The molecule has 2 aromatic carbocycles. The van der Waals surface area contributed by atoms with Gasteiger partial charge in [0.25, 0.3) is 0 Å². The lowest BCUT2D eigenvalue weighted by atomic mass is 10.1. The lowest BCUT2D eigenvalue weighted by Crippen LogP contribution is -2.00. The van der Waals surface area contributed by atoms with Gasteiger partial charge < -0.3 is 10.3 Å². The Morgan fingerprint density at radius 1 is 1.15 bits per heavy atom. The number of fused-ring (bicyclic) bond motifs is 1. The van der Waals surface area contributed by atoms with Crippen LogP contribution in [0.4, 0.5) is 5.69 Å². The van der Waals surface area contributed by atoms with Crippen LogP contribution in [-0.2, 0) is 6.54 Å². The monoisotopic (exact) mass is 285 g/mol. The second-order valence-electron chi connectivity index (χ2n) is 5.15. The number of rotatable bonds is 2. The number of benzene rings is 2. The molecular weight excluding hydrogens is 270 g/mol. The second kappa shape index (κ2) is 4.84. The number of nitrogens with zero attached hydrogens (tertiary/aromatic N) is 2. The minimum atomic E-state index is 0.670. The molecule has 1 heterocycles. The van der Waals surface area contributed by atoms with E-state index < -0.39 is 0 Å². The van der Waals surface area contributed by atoms with E-state index in [9.17, 15) is 0 Å². The van der Waals surface area contributed by atoms with Crippen molar-refractivity contribution in [1.29, 1.82) is 0 Å². The Balaban J connectivity index is 2.07. The Labute approximate surface area is 123 Å². The third kappa shape index (κ3) is 2.25. The highest BCUT2D eigenvalue weighted by molar-refractivity contribution is 6.31. The van der Waals surface area contributed by atoms with Crippen LogP contribution in [0.2, 0.25) is 5.02 Å². The molecule has 3 rings (SSSR count). The number of nitrogen functional groups attached to an aromatic ring is 1. The smallest absolute Gasteiger partial charge is 0.0961 e. The largest absolute Gasteiger partial charge is 0.399 e. The third-order valence-electron chi connectivity index (χ3n) is 3.65. The van der Waals surface area contributed by atoms with Crippen molar-refractivity contribution in [3.05, 3.63) is 58.4 Å². The van der Waals surface area contributed by atoms with Gasteiger partial charge in [-0.3, -0.25) is 0 Å². The summed E-state index contributed by atoms with van der Waals surface area (Å²) < 4.78 is 2.10. The highest BCUT2D eigenvalue weighted by Gasteiger charge is 2.08. The van der Waals surface area contributed by atoms with Crippen LogP contribution < -0.4 is 5.73 Å². The molecule has 1 aromatic heterocycles. The van der Waals surface area contributed by atoms with Crippen LogP contribution >= 0.6 is 11.6 Å². The van der Waals surface area contributed by atoms with E-state index in [1.807, 2.05) is 24.5 Å². The molecule has 20 heavy (non-hydrogen) atoms. The zero-order chi connectivity index (χ0) is 14.3. The second-order valence-corrected chi connectivity index (χ2v) is 5.56. The van der Waals surface area contributed by atoms with E-state index in [0.29, 0.717) is 6.54 Å². The Morgan fingerprint density at radius 2 is 1.90 bits per heavy atom. The highest BCUT2D eigenvalue weighted by atomic mass is 35.5. The number of nitrogens with two attached hydrogens (primary N) is 1. The first-order chi connectivity index (χ1) is 9.54. The van der Waals surface area contributed by atoms with Gasteiger partial charge in [-0.2, -0.15) is 0 Å². The molecule has 3 nitrogen and oxygen atoms in total. The van der Waals surface area contributed by atoms with Gasteiger partial charge in [-0.15, -0.1) is 0 Å². The molecule has 0 aliphatic heterocycles. The molecule has 102 valence electrons. The van der Waals surface area contributed by atoms with Gasteiger partial charge in [-0.1, -0.05) is 11.6 Å². The van der Waals surface area contributed by atoms with E-state index in [0.717, 1.165) is 27.3 Å². The Kier molecular flexibility index (Phi) is 3.14. The van der Waals surface area contributed by atoms with Crippen molar-refractivity contribution in [2.45, 2.75) is 20.4 Å². The molecule has 4 heteroatoms. The van der Waals surface area contributed by atoms with Crippen molar-refractivity contribution in [2.75, 3.05) is 5.73 Å². The zero-order valence-corrected chi connectivity index (χ0v) is 12.3. The van der Waals surface area contributed by atoms with E-state index in [4.69, 9.17) is 17.3 Å². The van der Waals surface area contributed by atoms with E-state index in [1.165, 1.54) is 11.1 Å². The summed E-state index contributed by atoms with van der Waals surface area (Å²) in [6.45, 7) is 4.88. The Bertz CT molecular complexity index is 790. The fraction of sp³-hybridized carbons (Fsp3) is 0.188. The quantitative estimate of drug-likeness (QED) is 0.725. The molecule has 0 saturated carbocycles. The van der Waals surface area contributed by atoms with Gasteiger partial charge in [-0.25, -0.2) is 4.98 Å². The molecule has 0 atom stereocenters. The number of aryl methyl sites for hydroxylation is 2. The maximum Gasteiger partial charge on any atom is 0.0961 e. The van der Waals surface area contributed by atoms with Crippen LogP contribution in [-0.4, -0.2) is 9.55 Å². The summed E-state index contributed by atoms with van der Waals surface area (Å²) in [7, 11) is 0. The summed E-state index contributed by atoms with van der Waals surface area (Å²) in [4.78, 5) is 4.46. The van der Waals surface area contributed by atoms with E-state index in [2.05, 4.69) is 35.5 Å². The molecule has 0 spiro atoms. The minimum Gasteiger partial charge on any atom is -0.399 e. The summed E-state index contributed by atoms with van der Waals surface area (Å²) >= 11 is 6.23. The molecule has 0 amide bonds. The van der Waals surface area contributed by atoms with Crippen molar-refractivity contribution in [1.82, 2.24) is 9.55 Å². The average molecular weight is 286 g/mol. The first-order valence-corrected chi connectivity index (χ1v) is 6.88. The van der Waals surface area contributed by atoms with Gasteiger partial charge in [-0.05, 0) is 60.9 Å². The molecule has 3 aromatic rings. The Morgan fingerprint density at radius 3 is 2.70 bits per heavy atom. The predicted octanol–water partition coefficient (Wildman–Crippen LogP) is 3.94. The summed E-state index contributed by atoms with van der Waals surface area (Å²) in [5.41, 5.74) is 12.2. The SMILES string of the molecule is Cc1cc2ncn(Cc3cc(N)ccc3Cl)c2cc1C. The lowest BCUT2D eigenvalue weighted by Gasteiger charge is -2.08. The molecule has 0 fully saturated rings. The molecule has 0 unspecified atom stereocenters. The fourth-order valence-corrected chi connectivity index (χ4v) is 2.52. The molecular formula is C16H16ClN3. The lowest BCUT2D eigenvalue weighted by molar-refractivity contribution is 0.825. The molecule has 0 saturated heterocycles. The van der Waals surface area contributed by atoms with Gasteiger partial charge in [0, 0.05) is 10.7 Å². The van der Waals surface area contributed by atoms with Crippen molar-refractivity contribution >= 4 is 28.3 Å². The maximum atomic E-state index is 6.23. The van der Waals surface area contributed by atoms with Gasteiger partial charge in [0.2, 0.25) is 0 Å². The van der Waals surface area contributed by atoms with Crippen LogP contribution in [0.3, 0.4) is 0 Å². The maximum absolute atomic E-state index is 6.23. The van der Waals surface area contributed by atoms with E-state index in [1.54, 1.807) is 0 Å². The molecule has 0 aliphatic rings. The topological polar surface area (TPSA) is 43.8 Å². The summed E-state index contributed by atoms with van der Waals surface area (Å²) in [6, 6.07) is 9.83. The molecule has 2 N–H and O–H groups in total. The van der Waals surface area contributed by atoms with E-state index in [-0.39, 0.29) is 0 Å². The number of imidazole rings is 1. The number of anilines is 1. The van der Waals surface area contributed by atoms with Crippen LogP contribution in [0, 0.1) is 13.8 Å². The molecule has 0 bridgehead atoms. The van der Waals surface area contributed by atoms with Crippen molar-refractivity contribution in [3.8, 4) is 0 Å². The summed E-state index contributed by atoms with van der Waals surface area (Å²) in [5.74, 6) is 0. The summed E-state index contributed by atoms with van der Waals surface area (Å²) in [5, 5.41) is 0.727.